The molecule has 0 spiro atoms. The van der Waals surface area contributed by atoms with Gasteiger partial charge in [-0.3, -0.25) is 0 Å². The minimum atomic E-state index is -0.376. The number of benzene rings is 2. The minimum Gasteiger partial charge on any atom is -0.494 e. The van der Waals surface area contributed by atoms with E-state index in [0.29, 0.717) is 6.42 Å². The van der Waals surface area contributed by atoms with Gasteiger partial charge in [0.1, 0.15) is 0 Å². The molecule has 0 unspecified atom stereocenters. The van der Waals surface area contributed by atoms with E-state index in [2.05, 4.69) is 5.16 Å². The summed E-state index contributed by atoms with van der Waals surface area (Å²) in [4.78, 5) is 0. The monoisotopic (exact) mass is 301 g/mol. The normalized spacial score (nSPS) is 11.8. The van der Waals surface area contributed by atoms with Crippen molar-refractivity contribution in [3.05, 3.63) is 53.8 Å². The van der Waals surface area contributed by atoms with Crippen molar-refractivity contribution in [3.63, 3.8) is 0 Å². The molecule has 3 nitrogen and oxygen atoms in total. The standard InChI is InChI=1S/C18H20FNO2/c1-12(2)17(20-21)10-13-4-6-14(7-5-13)15-8-9-18(22-3)16(19)11-15/h4-9,11-12,21H,10H2,1-3H3/b20-17-. The van der Waals surface area contributed by atoms with E-state index in [1.165, 1.54) is 13.2 Å². The molecule has 0 aromatic heterocycles. The number of oxime groups is 1. The van der Waals surface area contributed by atoms with Gasteiger partial charge in [0, 0.05) is 6.42 Å². The van der Waals surface area contributed by atoms with Crippen LogP contribution >= 0.6 is 0 Å². The van der Waals surface area contributed by atoms with Crippen LogP contribution in [0, 0.1) is 11.7 Å². The number of halogens is 1. The van der Waals surface area contributed by atoms with Gasteiger partial charge in [-0.25, -0.2) is 4.39 Å². The molecular weight excluding hydrogens is 281 g/mol. The second kappa shape index (κ2) is 7.07. The van der Waals surface area contributed by atoms with Crippen molar-refractivity contribution in [2.24, 2.45) is 11.1 Å². The van der Waals surface area contributed by atoms with E-state index in [0.717, 1.165) is 22.4 Å². The SMILES string of the molecule is COc1ccc(-c2ccc(C/C(=N/O)C(C)C)cc2)cc1F. The Balaban J connectivity index is 2.20. The number of rotatable bonds is 5. The van der Waals surface area contributed by atoms with Gasteiger partial charge < -0.3 is 9.94 Å². The van der Waals surface area contributed by atoms with E-state index in [-0.39, 0.29) is 17.5 Å². The molecule has 1 N–H and O–H groups in total. The molecule has 0 aliphatic carbocycles. The van der Waals surface area contributed by atoms with E-state index in [9.17, 15) is 4.39 Å². The van der Waals surface area contributed by atoms with Crippen LogP contribution in [0.15, 0.2) is 47.6 Å². The third kappa shape index (κ3) is 3.64. The third-order valence-electron chi connectivity index (χ3n) is 3.62. The van der Waals surface area contributed by atoms with Gasteiger partial charge in [0.15, 0.2) is 11.6 Å². The maximum Gasteiger partial charge on any atom is 0.165 e. The van der Waals surface area contributed by atoms with Gasteiger partial charge in [0.2, 0.25) is 0 Å². The van der Waals surface area contributed by atoms with Gasteiger partial charge in [-0.05, 0) is 34.7 Å². The topological polar surface area (TPSA) is 41.8 Å². The summed E-state index contributed by atoms with van der Waals surface area (Å²) in [5.41, 5.74) is 3.52. The summed E-state index contributed by atoms with van der Waals surface area (Å²) in [6.45, 7) is 3.98. The van der Waals surface area contributed by atoms with Gasteiger partial charge in [-0.1, -0.05) is 49.3 Å². The first-order valence-corrected chi connectivity index (χ1v) is 7.18. The highest BCUT2D eigenvalue weighted by Crippen LogP contribution is 2.26. The van der Waals surface area contributed by atoms with Crippen LogP contribution in [-0.2, 0) is 6.42 Å². The Bertz CT molecular complexity index is 663. The molecule has 22 heavy (non-hydrogen) atoms. The summed E-state index contributed by atoms with van der Waals surface area (Å²) in [6.07, 6.45) is 0.603. The zero-order chi connectivity index (χ0) is 16.1. The molecule has 0 amide bonds. The Morgan fingerprint density at radius 1 is 1.14 bits per heavy atom. The molecule has 0 saturated carbocycles. The second-order valence-electron chi connectivity index (χ2n) is 5.47. The van der Waals surface area contributed by atoms with Gasteiger partial charge in [0.25, 0.3) is 0 Å². The molecule has 0 aliphatic rings. The molecular formula is C18H20FNO2. The van der Waals surface area contributed by atoms with Crippen LogP contribution in [0.3, 0.4) is 0 Å². The Labute approximate surface area is 130 Å². The maximum absolute atomic E-state index is 13.8. The summed E-state index contributed by atoms with van der Waals surface area (Å²) in [7, 11) is 1.45. The zero-order valence-corrected chi connectivity index (χ0v) is 13.0. The van der Waals surface area contributed by atoms with Crippen molar-refractivity contribution < 1.29 is 14.3 Å². The van der Waals surface area contributed by atoms with Crippen molar-refractivity contribution in [2.75, 3.05) is 7.11 Å². The molecule has 0 atom stereocenters. The lowest BCUT2D eigenvalue weighted by Crippen LogP contribution is -2.10. The highest BCUT2D eigenvalue weighted by molar-refractivity contribution is 5.87. The molecule has 0 bridgehead atoms. The molecule has 0 aliphatic heterocycles. The first-order valence-electron chi connectivity index (χ1n) is 7.18. The van der Waals surface area contributed by atoms with Gasteiger partial charge in [0.05, 0.1) is 12.8 Å². The molecule has 0 radical (unpaired) electrons. The number of hydrogen-bond acceptors (Lipinski definition) is 3. The molecule has 2 rings (SSSR count). The van der Waals surface area contributed by atoms with Crippen LogP contribution in [0.1, 0.15) is 19.4 Å². The Morgan fingerprint density at radius 3 is 2.27 bits per heavy atom. The fraction of sp³-hybridized carbons (Fsp3) is 0.278. The first kappa shape index (κ1) is 16.0. The van der Waals surface area contributed by atoms with Crippen molar-refractivity contribution in [2.45, 2.75) is 20.3 Å². The Kier molecular flexibility index (Phi) is 5.15. The van der Waals surface area contributed by atoms with E-state index >= 15 is 0 Å². The lowest BCUT2D eigenvalue weighted by Gasteiger charge is -2.09. The summed E-state index contributed by atoms with van der Waals surface area (Å²) >= 11 is 0. The molecule has 0 heterocycles. The molecule has 2 aromatic rings. The van der Waals surface area contributed by atoms with Crippen LogP contribution in [-0.4, -0.2) is 18.0 Å². The van der Waals surface area contributed by atoms with Crippen LogP contribution in [0.5, 0.6) is 5.75 Å². The van der Waals surface area contributed by atoms with Gasteiger partial charge >= 0.3 is 0 Å². The first-order chi connectivity index (χ1) is 10.5. The largest absolute Gasteiger partial charge is 0.494 e. The lowest BCUT2D eigenvalue weighted by molar-refractivity contribution is 0.314. The molecule has 116 valence electrons. The Hall–Kier alpha value is -2.36. The minimum absolute atomic E-state index is 0.195. The zero-order valence-electron chi connectivity index (χ0n) is 13.0. The highest BCUT2D eigenvalue weighted by Gasteiger charge is 2.08. The summed E-state index contributed by atoms with van der Waals surface area (Å²) in [5, 5.41) is 12.4. The van der Waals surface area contributed by atoms with Crippen molar-refractivity contribution >= 4 is 5.71 Å². The van der Waals surface area contributed by atoms with Crippen molar-refractivity contribution in [3.8, 4) is 16.9 Å². The fourth-order valence-electron chi connectivity index (χ4n) is 2.23. The highest BCUT2D eigenvalue weighted by atomic mass is 19.1. The summed E-state index contributed by atoms with van der Waals surface area (Å²) < 4.78 is 18.7. The van der Waals surface area contributed by atoms with Gasteiger partial charge in [-0.15, -0.1) is 0 Å². The summed E-state index contributed by atoms with van der Waals surface area (Å²) in [6, 6.07) is 12.7. The van der Waals surface area contributed by atoms with Gasteiger partial charge in [-0.2, -0.15) is 0 Å². The van der Waals surface area contributed by atoms with E-state index < -0.39 is 0 Å². The smallest absolute Gasteiger partial charge is 0.165 e. The van der Waals surface area contributed by atoms with Crippen molar-refractivity contribution in [1.82, 2.24) is 0 Å². The maximum atomic E-state index is 13.8. The molecule has 2 aromatic carbocycles. The number of hydrogen-bond donors (Lipinski definition) is 1. The number of methoxy groups -OCH3 is 1. The average molecular weight is 301 g/mol. The average Bonchev–Trinajstić information content (AvgIpc) is 2.52. The van der Waals surface area contributed by atoms with E-state index in [1.807, 2.05) is 44.2 Å². The summed E-state index contributed by atoms with van der Waals surface area (Å²) in [5.74, 6) is 0.0556. The fourth-order valence-corrected chi connectivity index (χ4v) is 2.23. The quantitative estimate of drug-likeness (QED) is 0.501. The van der Waals surface area contributed by atoms with Crippen LogP contribution < -0.4 is 4.74 Å². The Morgan fingerprint density at radius 2 is 1.77 bits per heavy atom. The second-order valence-corrected chi connectivity index (χ2v) is 5.47. The predicted molar refractivity (Wildman–Crippen MR) is 86.2 cm³/mol. The number of ether oxygens (including phenoxy) is 1. The third-order valence-corrected chi connectivity index (χ3v) is 3.62. The number of nitrogens with zero attached hydrogens (tertiary/aromatic N) is 1. The van der Waals surface area contributed by atoms with Crippen LogP contribution in [0.4, 0.5) is 4.39 Å². The van der Waals surface area contributed by atoms with Crippen LogP contribution in [0.2, 0.25) is 0 Å². The van der Waals surface area contributed by atoms with E-state index in [4.69, 9.17) is 9.94 Å². The molecule has 4 heteroatoms. The lowest BCUT2D eigenvalue weighted by atomic mass is 9.98. The van der Waals surface area contributed by atoms with E-state index in [1.54, 1.807) is 6.07 Å². The molecule has 0 saturated heterocycles. The predicted octanol–water partition coefficient (Wildman–Crippen LogP) is 4.53. The molecule has 0 fully saturated rings. The van der Waals surface area contributed by atoms with Crippen molar-refractivity contribution in [1.29, 1.82) is 0 Å². The van der Waals surface area contributed by atoms with Crippen LogP contribution in [0.25, 0.3) is 11.1 Å².